The summed E-state index contributed by atoms with van der Waals surface area (Å²) in [6.45, 7) is 4.12. The summed E-state index contributed by atoms with van der Waals surface area (Å²) in [5, 5.41) is 4.24. The van der Waals surface area contributed by atoms with Gasteiger partial charge in [-0.3, -0.25) is 9.79 Å². The second-order valence-corrected chi connectivity index (χ2v) is 9.75. The quantitative estimate of drug-likeness (QED) is 0.417. The van der Waals surface area contributed by atoms with Crippen LogP contribution in [0.2, 0.25) is 0 Å². The number of fused-ring (bicyclic) bond motifs is 3. The van der Waals surface area contributed by atoms with E-state index in [1.54, 1.807) is 19.1 Å². The van der Waals surface area contributed by atoms with E-state index in [2.05, 4.69) is 29.4 Å². The van der Waals surface area contributed by atoms with Crippen LogP contribution in [0, 0.1) is 0 Å². The van der Waals surface area contributed by atoms with Gasteiger partial charge in [-0.1, -0.05) is 36.2 Å². The SMILES string of the molecule is COc1cc2c(cc1OC)[C@H]1CCCC[C@H]1N=C2c1cccc(C(C)=NOCC(=O)N2CCOCC2)c1. The van der Waals surface area contributed by atoms with Gasteiger partial charge in [0, 0.05) is 30.1 Å². The molecular formula is C29H35N3O5. The van der Waals surface area contributed by atoms with Crippen LogP contribution in [0.4, 0.5) is 0 Å². The number of benzene rings is 2. The van der Waals surface area contributed by atoms with Gasteiger partial charge in [0.25, 0.3) is 5.91 Å². The van der Waals surface area contributed by atoms with Gasteiger partial charge in [-0.2, -0.15) is 0 Å². The van der Waals surface area contributed by atoms with Crippen molar-refractivity contribution in [2.75, 3.05) is 47.1 Å². The van der Waals surface area contributed by atoms with E-state index in [0.29, 0.717) is 43.7 Å². The van der Waals surface area contributed by atoms with Crippen LogP contribution < -0.4 is 9.47 Å². The van der Waals surface area contributed by atoms with E-state index < -0.39 is 0 Å². The van der Waals surface area contributed by atoms with Crippen LogP contribution in [0.5, 0.6) is 11.5 Å². The van der Waals surface area contributed by atoms with E-state index >= 15 is 0 Å². The van der Waals surface area contributed by atoms with Crippen LogP contribution in [0.1, 0.15) is 60.8 Å². The summed E-state index contributed by atoms with van der Waals surface area (Å²) in [5.41, 5.74) is 6.00. The van der Waals surface area contributed by atoms with Gasteiger partial charge in [0.1, 0.15) is 0 Å². The molecule has 0 unspecified atom stereocenters. The second kappa shape index (κ2) is 11.3. The number of rotatable bonds is 7. The highest BCUT2D eigenvalue weighted by molar-refractivity contribution is 6.16. The lowest BCUT2D eigenvalue weighted by Crippen LogP contribution is -2.42. The van der Waals surface area contributed by atoms with Crippen molar-refractivity contribution in [1.29, 1.82) is 0 Å². The first-order valence-electron chi connectivity index (χ1n) is 13.1. The number of hydrogen-bond acceptors (Lipinski definition) is 7. The van der Waals surface area contributed by atoms with E-state index in [4.69, 9.17) is 24.0 Å². The number of carbonyl (C=O) groups excluding carboxylic acids is 1. The first-order chi connectivity index (χ1) is 18.1. The zero-order chi connectivity index (χ0) is 25.8. The lowest BCUT2D eigenvalue weighted by Gasteiger charge is -2.35. The number of ether oxygens (including phenoxy) is 3. The third kappa shape index (κ3) is 5.34. The van der Waals surface area contributed by atoms with Gasteiger partial charge in [-0.05, 0) is 49.1 Å². The Hall–Kier alpha value is -3.39. The normalized spacial score (nSPS) is 21.4. The van der Waals surface area contributed by atoms with Crippen LogP contribution in [0.15, 0.2) is 46.5 Å². The Labute approximate surface area is 218 Å². The molecular weight excluding hydrogens is 470 g/mol. The molecule has 8 nitrogen and oxygen atoms in total. The molecule has 0 N–H and O–H groups in total. The van der Waals surface area contributed by atoms with Crippen LogP contribution in [0.3, 0.4) is 0 Å². The van der Waals surface area contributed by atoms with Gasteiger partial charge in [0.2, 0.25) is 0 Å². The number of amides is 1. The largest absolute Gasteiger partial charge is 0.493 e. The first-order valence-corrected chi connectivity index (χ1v) is 13.1. The molecule has 2 aromatic carbocycles. The number of nitrogens with zero attached hydrogens (tertiary/aromatic N) is 3. The first kappa shape index (κ1) is 25.3. The molecule has 2 aliphatic heterocycles. The maximum absolute atomic E-state index is 12.3. The minimum absolute atomic E-state index is 0.0758. The van der Waals surface area contributed by atoms with Crippen molar-refractivity contribution in [3.8, 4) is 11.5 Å². The number of hydrogen-bond donors (Lipinski definition) is 0. The van der Waals surface area contributed by atoms with Crippen LogP contribution in [-0.4, -0.2) is 75.4 Å². The van der Waals surface area contributed by atoms with Crippen LogP contribution in [0.25, 0.3) is 0 Å². The highest BCUT2D eigenvalue weighted by Crippen LogP contribution is 2.44. The van der Waals surface area contributed by atoms with Gasteiger partial charge >= 0.3 is 0 Å². The second-order valence-electron chi connectivity index (χ2n) is 9.75. The number of oxime groups is 1. The molecule has 2 heterocycles. The average molecular weight is 506 g/mol. The minimum Gasteiger partial charge on any atom is -0.493 e. The predicted molar refractivity (Wildman–Crippen MR) is 142 cm³/mol. The highest BCUT2D eigenvalue weighted by Gasteiger charge is 2.34. The molecule has 1 amide bonds. The van der Waals surface area contributed by atoms with Gasteiger partial charge in [-0.15, -0.1) is 0 Å². The molecule has 196 valence electrons. The Balaban J connectivity index is 1.40. The zero-order valence-electron chi connectivity index (χ0n) is 21.9. The van der Waals surface area contributed by atoms with E-state index in [9.17, 15) is 4.79 Å². The summed E-state index contributed by atoms with van der Waals surface area (Å²) in [6, 6.07) is 12.7. The van der Waals surface area contributed by atoms with E-state index in [-0.39, 0.29) is 18.6 Å². The summed E-state index contributed by atoms with van der Waals surface area (Å²) < 4.78 is 16.6. The van der Waals surface area contributed by atoms with Crippen molar-refractivity contribution in [2.24, 2.45) is 10.1 Å². The Morgan fingerprint density at radius 1 is 1.08 bits per heavy atom. The molecule has 0 spiro atoms. The lowest BCUT2D eigenvalue weighted by atomic mass is 9.75. The summed E-state index contributed by atoms with van der Waals surface area (Å²) in [5.74, 6) is 1.78. The van der Waals surface area contributed by atoms with Gasteiger partial charge in [0.05, 0.1) is 44.9 Å². The van der Waals surface area contributed by atoms with Gasteiger partial charge in [0.15, 0.2) is 18.1 Å². The molecule has 0 aromatic heterocycles. The molecule has 0 radical (unpaired) electrons. The standard InChI is InChI=1S/C29H35N3O5/c1-19(31-37-18-28(33)32-11-13-36-14-12-32)20-7-6-8-21(15-20)29-24-17-27(35-3)26(34-2)16-23(24)22-9-4-5-10-25(22)30-29/h6-8,15-17,22,25H,4-5,9-14,18H2,1-3H3/t22-,25-/m1/s1. The summed E-state index contributed by atoms with van der Waals surface area (Å²) in [7, 11) is 3.35. The van der Waals surface area contributed by atoms with Gasteiger partial charge in [-0.25, -0.2) is 0 Å². The highest BCUT2D eigenvalue weighted by atomic mass is 16.6. The Kier molecular flexibility index (Phi) is 7.74. The number of methoxy groups -OCH3 is 2. The fraction of sp³-hybridized carbons (Fsp3) is 0.483. The fourth-order valence-corrected chi connectivity index (χ4v) is 5.53. The predicted octanol–water partition coefficient (Wildman–Crippen LogP) is 4.18. The minimum atomic E-state index is -0.0815. The fourth-order valence-electron chi connectivity index (χ4n) is 5.53. The van der Waals surface area contributed by atoms with Crippen LogP contribution >= 0.6 is 0 Å². The topological polar surface area (TPSA) is 81.9 Å². The van der Waals surface area contributed by atoms with E-state index in [0.717, 1.165) is 41.0 Å². The Bertz CT molecular complexity index is 1200. The smallest absolute Gasteiger partial charge is 0.263 e. The molecule has 5 rings (SSSR count). The number of aliphatic imine (C=N–C) groups is 1. The molecule has 2 fully saturated rings. The van der Waals surface area contributed by atoms with Crippen LogP contribution in [-0.2, 0) is 14.4 Å². The molecule has 1 aliphatic carbocycles. The van der Waals surface area contributed by atoms with Crippen molar-refractivity contribution in [3.05, 3.63) is 58.7 Å². The van der Waals surface area contributed by atoms with Gasteiger partial charge < -0.3 is 23.9 Å². The molecule has 8 heteroatoms. The molecule has 0 bridgehead atoms. The lowest BCUT2D eigenvalue weighted by molar-refractivity contribution is -0.140. The molecule has 2 aromatic rings. The summed E-state index contributed by atoms with van der Waals surface area (Å²) in [4.78, 5) is 24.8. The third-order valence-electron chi connectivity index (χ3n) is 7.54. The molecule has 1 saturated heterocycles. The van der Waals surface area contributed by atoms with Crippen molar-refractivity contribution >= 4 is 17.3 Å². The number of morpholine rings is 1. The van der Waals surface area contributed by atoms with E-state index in [1.165, 1.54) is 18.4 Å². The van der Waals surface area contributed by atoms with E-state index in [1.807, 2.05) is 19.1 Å². The monoisotopic (exact) mass is 505 g/mol. The molecule has 2 atom stereocenters. The maximum Gasteiger partial charge on any atom is 0.263 e. The molecule has 3 aliphatic rings. The summed E-state index contributed by atoms with van der Waals surface area (Å²) in [6.07, 6.45) is 4.65. The van der Waals surface area contributed by atoms with Crippen molar-refractivity contribution < 1.29 is 23.8 Å². The summed E-state index contributed by atoms with van der Waals surface area (Å²) >= 11 is 0. The Morgan fingerprint density at radius 2 is 1.84 bits per heavy atom. The zero-order valence-corrected chi connectivity index (χ0v) is 21.9. The third-order valence-corrected chi connectivity index (χ3v) is 7.54. The van der Waals surface area contributed by atoms with Crippen molar-refractivity contribution in [2.45, 2.75) is 44.6 Å². The van der Waals surface area contributed by atoms with Crippen molar-refractivity contribution in [3.63, 3.8) is 0 Å². The van der Waals surface area contributed by atoms with Crippen molar-refractivity contribution in [1.82, 2.24) is 4.90 Å². The maximum atomic E-state index is 12.3. The molecule has 37 heavy (non-hydrogen) atoms. The number of carbonyl (C=O) groups is 1. The molecule has 1 saturated carbocycles. The average Bonchev–Trinajstić information content (AvgIpc) is 2.96. The Morgan fingerprint density at radius 3 is 2.62 bits per heavy atom.